The highest BCUT2D eigenvalue weighted by Crippen LogP contribution is 2.34. The normalized spacial score (nSPS) is 16.1. The van der Waals surface area contributed by atoms with Gasteiger partial charge in [-0.15, -0.1) is 0 Å². The average molecular weight is 453 g/mol. The first-order valence-corrected chi connectivity index (χ1v) is 9.88. The van der Waals surface area contributed by atoms with Crippen LogP contribution in [0.3, 0.4) is 0 Å². The largest absolute Gasteiger partial charge is 0.481 e. The van der Waals surface area contributed by atoms with Crippen molar-refractivity contribution in [1.82, 2.24) is 15.0 Å². The standard InChI is InChI=1S/C21H17BrN4O3/c22-15-4-1-13(2-5-15)17-12-19(26(25-17)20(27)7-8-21(28)29)14-3-6-16-18(11-14)24-10-9-23-16/h1-6,9-11,19H,7-8,12H2,(H,28,29)/t19-/m0/s1. The number of amides is 1. The van der Waals surface area contributed by atoms with E-state index in [4.69, 9.17) is 5.11 Å². The molecule has 146 valence electrons. The van der Waals surface area contributed by atoms with Gasteiger partial charge in [-0.05, 0) is 35.4 Å². The summed E-state index contributed by atoms with van der Waals surface area (Å²) < 4.78 is 0.957. The van der Waals surface area contributed by atoms with Gasteiger partial charge in [0.25, 0.3) is 0 Å². The maximum absolute atomic E-state index is 12.7. The number of rotatable bonds is 5. The van der Waals surface area contributed by atoms with Gasteiger partial charge in [0.1, 0.15) is 0 Å². The molecular formula is C21H17BrN4O3. The fourth-order valence-electron chi connectivity index (χ4n) is 3.33. The lowest BCUT2D eigenvalue weighted by Crippen LogP contribution is -2.27. The van der Waals surface area contributed by atoms with Crippen LogP contribution in [0.15, 0.2) is 64.4 Å². The maximum atomic E-state index is 12.7. The fraction of sp³-hybridized carbons (Fsp3) is 0.190. The predicted molar refractivity (Wildman–Crippen MR) is 111 cm³/mol. The Hall–Kier alpha value is -3.13. The van der Waals surface area contributed by atoms with Crippen molar-refractivity contribution in [2.24, 2.45) is 5.10 Å². The van der Waals surface area contributed by atoms with Gasteiger partial charge in [-0.1, -0.05) is 34.1 Å². The summed E-state index contributed by atoms with van der Waals surface area (Å²) in [7, 11) is 0. The molecule has 8 heteroatoms. The van der Waals surface area contributed by atoms with Crippen molar-refractivity contribution in [3.05, 3.63) is 70.5 Å². The fourth-order valence-corrected chi connectivity index (χ4v) is 3.60. The van der Waals surface area contributed by atoms with Crippen molar-refractivity contribution in [3.63, 3.8) is 0 Å². The number of benzene rings is 2. The Morgan fingerprint density at radius 1 is 1.03 bits per heavy atom. The van der Waals surface area contributed by atoms with E-state index in [1.54, 1.807) is 12.4 Å². The van der Waals surface area contributed by atoms with Gasteiger partial charge in [-0.2, -0.15) is 5.10 Å². The number of carbonyl (C=O) groups is 2. The van der Waals surface area contributed by atoms with Crippen LogP contribution >= 0.6 is 15.9 Å². The molecule has 0 spiro atoms. The zero-order valence-electron chi connectivity index (χ0n) is 15.3. The second kappa shape index (κ2) is 8.08. The molecule has 0 radical (unpaired) electrons. The zero-order valence-corrected chi connectivity index (χ0v) is 16.9. The lowest BCUT2D eigenvalue weighted by atomic mass is 9.98. The van der Waals surface area contributed by atoms with Gasteiger partial charge >= 0.3 is 5.97 Å². The smallest absolute Gasteiger partial charge is 0.303 e. The Bertz CT molecular complexity index is 1110. The molecule has 0 saturated carbocycles. The molecule has 0 aliphatic carbocycles. The van der Waals surface area contributed by atoms with Gasteiger partial charge in [0.05, 0.1) is 29.2 Å². The Labute approximate surface area is 175 Å². The number of halogens is 1. The molecule has 1 aliphatic heterocycles. The number of fused-ring (bicyclic) bond motifs is 1. The molecule has 2 aromatic carbocycles. The van der Waals surface area contributed by atoms with E-state index in [2.05, 4.69) is 31.0 Å². The van der Waals surface area contributed by atoms with Crippen molar-refractivity contribution in [1.29, 1.82) is 0 Å². The molecule has 4 rings (SSSR count). The molecule has 0 unspecified atom stereocenters. The van der Waals surface area contributed by atoms with Gasteiger partial charge in [0, 0.05) is 29.7 Å². The first-order valence-electron chi connectivity index (χ1n) is 9.09. The van der Waals surface area contributed by atoms with E-state index in [1.807, 2.05) is 42.5 Å². The summed E-state index contributed by atoms with van der Waals surface area (Å²) in [6.07, 6.45) is 3.46. The summed E-state index contributed by atoms with van der Waals surface area (Å²) in [4.78, 5) is 32.3. The highest BCUT2D eigenvalue weighted by molar-refractivity contribution is 9.10. The van der Waals surface area contributed by atoms with Crippen LogP contribution in [0, 0.1) is 0 Å². The number of hydrogen-bond donors (Lipinski definition) is 1. The number of aromatic nitrogens is 2. The lowest BCUT2D eigenvalue weighted by Gasteiger charge is -2.22. The molecule has 0 saturated heterocycles. The third kappa shape index (κ3) is 4.17. The van der Waals surface area contributed by atoms with E-state index in [0.717, 1.165) is 32.3 Å². The van der Waals surface area contributed by atoms with Crippen molar-refractivity contribution >= 4 is 44.6 Å². The molecule has 0 fully saturated rings. The molecule has 7 nitrogen and oxygen atoms in total. The first kappa shape index (κ1) is 19.2. The van der Waals surface area contributed by atoms with Crippen LogP contribution in [-0.4, -0.2) is 37.7 Å². The summed E-state index contributed by atoms with van der Waals surface area (Å²) in [6, 6.07) is 13.1. The maximum Gasteiger partial charge on any atom is 0.303 e. The highest BCUT2D eigenvalue weighted by Gasteiger charge is 2.33. The zero-order chi connectivity index (χ0) is 20.4. The Kier molecular flexibility index (Phi) is 5.35. The van der Waals surface area contributed by atoms with Gasteiger partial charge in [0.2, 0.25) is 5.91 Å². The van der Waals surface area contributed by atoms with Crippen LogP contribution in [0.1, 0.15) is 36.4 Å². The summed E-state index contributed by atoms with van der Waals surface area (Å²) >= 11 is 3.42. The van der Waals surface area contributed by atoms with E-state index in [0.29, 0.717) is 6.42 Å². The number of carboxylic acids is 1. The molecule has 1 amide bonds. The van der Waals surface area contributed by atoms with Gasteiger partial charge in [-0.25, -0.2) is 5.01 Å². The van der Waals surface area contributed by atoms with E-state index >= 15 is 0 Å². The predicted octanol–water partition coefficient (Wildman–Crippen LogP) is 3.93. The topological polar surface area (TPSA) is 95.8 Å². The number of hydrogen-bond acceptors (Lipinski definition) is 5. The van der Waals surface area contributed by atoms with Crippen molar-refractivity contribution in [2.45, 2.75) is 25.3 Å². The van der Waals surface area contributed by atoms with E-state index in [9.17, 15) is 9.59 Å². The molecule has 1 atom stereocenters. The minimum Gasteiger partial charge on any atom is -0.481 e. The summed E-state index contributed by atoms with van der Waals surface area (Å²) in [5, 5.41) is 14.9. The number of nitrogens with zero attached hydrogens (tertiary/aromatic N) is 4. The molecule has 3 aromatic rings. The highest BCUT2D eigenvalue weighted by atomic mass is 79.9. The number of aliphatic carboxylic acids is 1. The van der Waals surface area contributed by atoms with E-state index in [-0.39, 0.29) is 24.8 Å². The van der Waals surface area contributed by atoms with Crippen LogP contribution < -0.4 is 0 Å². The molecule has 1 N–H and O–H groups in total. The van der Waals surface area contributed by atoms with Crippen LogP contribution in [0.5, 0.6) is 0 Å². The molecule has 1 aliphatic rings. The molecule has 29 heavy (non-hydrogen) atoms. The number of carboxylic acid groups (broad SMARTS) is 1. The quantitative estimate of drug-likeness (QED) is 0.632. The third-order valence-corrected chi connectivity index (χ3v) is 5.30. The van der Waals surface area contributed by atoms with Crippen molar-refractivity contribution in [3.8, 4) is 0 Å². The molecule has 2 heterocycles. The Balaban J connectivity index is 1.68. The summed E-state index contributed by atoms with van der Waals surface area (Å²) in [5.74, 6) is -1.32. The van der Waals surface area contributed by atoms with Crippen LogP contribution in [-0.2, 0) is 9.59 Å². The van der Waals surface area contributed by atoms with Gasteiger partial charge in [0.15, 0.2) is 0 Å². The lowest BCUT2D eigenvalue weighted by molar-refractivity contribution is -0.141. The summed E-state index contributed by atoms with van der Waals surface area (Å²) in [5.41, 5.74) is 4.10. The summed E-state index contributed by atoms with van der Waals surface area (Å²) in [6.45, 7) is 0. The molecule has 1 aromatic heterocycles. The molecule has 0 bridgehead atoms. The number of hydrazone groups is 1. The SMILES string of the molecule is O=C(O)CCC(=O)N1N=C(c2ccc(Br)cc2)C[C@H]1c1ccc2nccnc2c1. The minimum absolute atomic E-state index is 0.101. The van der Waals surface area contributed by atoms with Crippen LogP contribution in [0.4, 0.5) is 0 Å². The monoisotopic (exact) mass is 452 g/mol. The average Bonchev–Trinajstić information content (AvgIpc) is 3.17. The molecular weight excluding hydrogens is 436 g/mol. The van der Waals surface area contributed by atoms with Crippen LogP contribution in [0.25, 0.3) is 11.0 Å². The Morgan fingerprint density at radius 2 is 1.76 bits per heavy atom. The van der Waals surface area contributed by atoms with Crippen molar-refractivity contribution in [2.75, 3.05) is 0 Å². The van der Waals surface area contributed by atoms with E-state index < -0.39 is 5.97 Å². The third-order valence-electron chi connectivity index (χ3n) is 4.77. The number of carbonyl (C=O) groups excluding carboxylic acids is 1. The van der Waals surface area contributed by atoms with Gasteiger partial charge < -0.3 is 5.11 Å². The Morgan fingerprint density at radius 3 is 2.48 bits per heavy atom. The second-order valence-electron chi connectivity index (χ2n) is 6.71. The first-order chi connectivity index (χ1) is 14.0. The van der Waals surface area contributed by atoms with E-state index in [1.165, 1.54) is 5.01 Å². The van der Waals surface area contributed by atoms with Gasteiger partial charge in [-0.3, -0.25) is 19.6 Å². The minimum atomic E-state index is -1.01. The van der Waals surface area contributed by atoms with Crippen LogP contribution in [0.2, 0.25) is 0 Å². The van der Waals surface area contributed by atoms with Crippen molar-refractivity contribution < 1.29 is 14.7 Å². The second-order valence-corrected chi connectivity index (χ2v) is 7.63.